The van der Waals surface area contributed by atoms with E-state index in [1.165, 1.54) is 24.1 Å². The van der Waals surface area contributed by atoms with Gasteiger partial charge in [-0.1, -0.05) is 34.1 Å². The Morgan fingerprint density at radius 2 is 1.67 bits per heavy atom. The SMILES string of the molecule is CC.CCCc1ccc(CC)s1. The van der Waals surface area contributed by atoms with Crippen molar-refractivity contribution in [3.63, 3.8) is 0 Å². The van der Waals surface area contributed by atoms with Crippen molar-refractivity contribution in [2.24, 2.45) is 0 Å². The van der Waals surface area contributed by atoms with Gasteiger partial charge in [-0.25, -0.2) is 0 Å². The van der Waals surface area contributed by atoms with Gasteiger partial charge in [0.25, 0.3) is 0 Å². The lowest BCUT2D eigenvalue weighted by molar-refractivity contribution is 0.940. The van der Waals surface area contributed by atoms with Crippen LogP contribution < -0.4 is 0 Å². The quantitative estimate of drug-likeness (QED) is 0.657. The van der Waals surface area contributed by atoms with Crippen molar-refractivity contribution in [1.82, 2.24) is 0 Å². The molecule has 0 atom stereocenters. The van der Waals surface area contributed by atoms with Gasteiger partial charge in [-0.15, -0.1) is 11.3 Å². The van der Waals surface area contributed by atoms with E-state index in [9.17, 15) is 0 Å². The fourth-order valence-electron chi connectivity index (χ4n) is 0.993. The third-order valence-electron chi connectivity index (χ3n) is 1.56. The van der Waals surface area contributed by atoms with Crippen LogP contribution in [0.15, 0.2) is 12.1 Å². The standard InChI is InChI=1S/C9H14S.C2H6/c1-3-5-9-7-6-8(4-2)10-9;1-2/h6-7H,3-5H2,1-2H3;1-2H3. The highest BCUT2D eigenvalue weighted by atomic mass is 32.1. The summed E-state index contributed by atoms with van der Waals surface area (Å²) in [4.78, 5) is 3.06. The molecule has 1 heteroatoms. The molecule has 0 aliphatic carbocycles. The topological polar surface area (TPSA) is 0 Å². The van der Waals surface area contributed by atoms with Crippen LogP contribution in [0.4, 0.5) is 0 Å². The second-order valence-electron chi connectivity index (χ2n) is 2.47. The van der Waals surface area contributed by atoms with Gasteiger partial charge in [0.15, 0.2) is 0 Å². The molecule has 0 N–H and O–H groups in total. The van der Waals surface area contributed by atoms with Crippen LogP contribution in [0.3, 0.4) is 0 Å². The van der Waals surface area contributed by atoms with Gasteiger partial charge in [-0.2, -0.15) is 0 Å². The minimum atomic E-state index is 1.19. The fourth-order valence-corrected chi connectivity index (χ4v) is 2.05. The number of rotatable bonds is 3. The molecule has 1 aromatic rings. The maximum atomic E-state index is 2.26. The van der Waals surface area contributed by atoms with E-state index in [-0.39, 0.29) is 0 Å². The number of hydrogen-bond acceptors (Lipinski definition) is 1. The zero-order valence-electron chi connectivity index (χ0n) is 8.68. The highest BCUT2D eigenvalue weighted by Gasteiger charge is 1.95. The summed E-state index contributed by atoms with van der Waals surface area (Å²) >= 11 is 1.96. The van der Waals surface area contributed by atoms with Crippen molar-refractivity contribution in [3.05, 3.63) is 21.9 Å². The van der Waals surface area contributed by atoms with Gasteiger partial charge in [0.1, 0.15) is 0 Å². The molecule has 0 amide bonds. The molecule has 0 saturated carbocycles. The van der Waals surface area contributed by atoms with E-state index in [2.05, 4.69) is 26.0 Å². The second kappa shape index (κ2) is 7.35. The Kier molecular flexibility index (Phi) is 7.17. The first-order valence-electron chi connectivity index (χ1n) is 4.94. The van der Waals surface area contributed by atoms with Crippen LogP contribution >= 0.6 is 11.3 Å². The third-order valence-corrected chi connectivity index (χ3v) is 2.85. The van der Waals surface area contributed by atoms with Gasteiger partial charge in [0.2, 0.25) is 0 Å². The Bertz CT molecular complexity index is 189. The van der Waals surface area contributed by atoms with Crippen LogP contribution in [0.2, 0.25) is 0 Å². The van der Waals surface area contributed by atoms with Gasteiger partial charge in [0, 0.05) is 9.75 Å². The molecule has 12 heavy (non-hydrogen) atoms. The van der Waals surface area contributed by atoms with Gasteiger partial charge in [0.05, 0.1) is 0 Å². The van der Waals surface area contributed by atoms with E-state index in [4.69, 9.17) is 0 Å². The zero-order chi connectivity index (χ0) is 9.40. The third kappa shape index (κ3) is 3.91. The molecule has 0 spiro atoms. The van der Waals surface area contributed by atoms with E-state index in [0.29, 0.717) is 0 Å². The van der Waals surface area contributed by atoms with Gasteiger partial charge in [-0.05, 0) is 25.0 Å². The van der Waals surface area contributed by atoms with Crippen molar-refractivity contribution in [3.8, 4) is 0 Å². The number of thiophene rings is 1. The fraction of sp³-hybridized carbons (Fsp3) is 0.636. The molecule has 0 bridgehead atoms. The van der Waals surface area contributed by atoms with Crippen molar-refractivity contribution in [2.75, 3.05) is 0 Å². The molecule has 0 aliphatic heterocycles. The Morgan fingerprint density at radius 1 is 1.08 bits per heavy atom. The predicted octanol–water partition coefficient (Wildman–Crippen LogP) is 4.29. The maximum Gasteiger partial charge on any atom is 0.00480 e. The molecule has 1 aromatic heterocycles. The molecular formula is C11H20S. The maximum absolute atomic E-state index is 2.26. The lowest BCUT2D eigenvalue weighted by Gasteiger charge is -1.88. The van der Waals surface area contributed by atoms with Crippen LogP contribution in [0, 0.1) is 0 Å². The first-order valence-corrected chi connectivity index (χ1v) is 5.76. The summed E-state index contributed by atoms with van der Waals surface area (Å²) in [5, 5.41) is 0. The Morgan fingerprint density at radius 3 is 2.08 bits per heavy atom. The molecule has 0 fully saturated rings. The summed E-state index contributed by atoms with van der Waals surface area (Å²) in [5.74, 6) is 0. The minimum Gasteiger partial charge on any atom is -0.145 e. The average Bonchev–Trinajstić information content (AvgIpc) is 2.57. The van der Waals surface area contributed by atoms with Crippen molar-refractivity contribution in [1.29, 1.82) is 0 Å². The van der Waals surface area contributed by atoms with E-state index in [0.717, 1.165) is 0 Å². The highest BCUT2D eigenvalue weighted by Crippen LogP contribution is 2.17. The van der Waals surface area contributed by atoms with E-state index >= 15 is 0 Å². The molecule has 0 nitrogen and oxygen atoms in total. The summed E-state index contributed by atoms with van der Waals surface area (Å²) in [6.45, 7) is 8.44. The minimum absolute atomic E-state index is 1.19. The lowest BCUT2D eigenvalue weighted by Crippen LogP contribution is -1.72. The molecule has 0 radical (unpaired) electrons. The average molecular weight is 184 g/mol. The van der Waals surface area contributed by atoms with Crippen molar-refractivity contribution >= 4 is 11.3 Å². The summed E-state index contributed by atoms with van der Waals surface area (Å²) in [5.41, 5.74) is 0. The lowest BCUT2D eigenvalue weighted by atomic mass is 10.3. The normalized spacial score (nSPS) is 9.00. The smallest absolute Gasteiger partial charge is 0.00480 e. The van der Waals surface area contributed by atoms with Crippen molar-refractivity contribution < 1.29 is 0 Å². The molecular weight excluding hydrogens is 164 g/mol. The second-order valence-corrected chi connectivity index (χ2v) is 3.72. The van der Waals surface area contributed by atoms with E-state index < -0.39 is 0 Å². The molecule has 0 aliphatic rings. The van der Waals surface area contributed by atoms with Gasteiger partial charge >= 0.3 is 0 Å². The predicted molar refractivity (Wildman–Crippen MR) is 59.0 cm³/mol. The molecule has 0 aromatic carbocycles. The Hall–Kier alpha value is -0.300. The van der Waals surface area contributed by atoms with Crippen molar-refractivity contribution in [2.45, 2.75) is 47.0 Å². The first-order chi connectivity index (χ1) is 5.86. The van der Waals surface area contributed by atoms with Gasteiger partial charge in [-0.3, -0.25) is 0 Å². The molecule has 1 rings (SSSR count). The monoisotopic (exact) mass is 184 g/mol. The Labute approximate surface area is 80.6 Å². The zero-order valence-corrected chi connectivity index (χ0v) is 9.50. The van der Waals surface area contributed by atoms with Crippen LogP contribution in [0.1, 0.15) is 43.9 Å². The molecule has 70 valence electrons. The first kappa shape index (κ1) is 11.7. The summed E-state index contributed by atoms with van der Waals surface area (Å²) in [6.07, 6.45) is 3.71. The van der Waals surface area contributed by atoms with Crippen LogP contribution in [0.25, 0.3) is 0 Å². The summed E-state index contributed by atoms with van der Waals surface area (Å²) < 4.78 is 0. The molecule has 0 unspecified atom stereocenters. The number of aryl methyl sites for hydroxylation is 2. The number of hydrogen-bond donors (Lipinski definition) is 0. The summed E-state index contributed by atoms with van der Waals surface area (Å²) in [6, 6.07) is 4.50. The Balaban J connectivity index is 0.000000561. The van der Waals surface area contributed by atoms with E-state index in [1.807, 2.05) is 25.2 Å². The van der Waals surface area contributed by atoms with Crippen LogP contribution in [0.5, 0.6) is 0 Å². The molecule has 0 saturated heterocycles. The summed E-state index contributed by atoms with van der Waals surface area (Å²) in [7, 11) is 0. The highest BCUT2D eigenvalue weighted by molar-refractivity contribution is 7.11. The van der Waals surface area contributed by atoms with Gasteiger partial charge < -0.3 is 0 Å². The van der Waals surface area contributed by atoms with Crippen LogP contribution in [-0.2, 0) is 12.8 Å². The van der Waals surface area contributed by atoms with E-state index in [1.54, 1.807) is 4.88 Å². The molecule has 1 heterocycles. The largest absolute Gasteiger partial charge is 0.145 e. The van der Waals surface area contributed by atoms with Crippen LogP contribution in [-0.4, -0.2) is 0 Å².